The fraction of sp³-hybridized carbons (Fsp3) is 0.333. The standard InChI is InChI=1S/C15H17ClO2S/c1-3-13-6-7-14(19-13)10-18-15-8-12(17-2)5-4-11(15)9-16/h4-8H,3,9-10H2,1-2H3. The minimum absolute atomic E-state index is 0.435. The van der Waals surface area contributed by atoms with Gasteiger partial charge in [0.25, 0.3) is 0 Å². The molecule has 1 aromatic heterocycles. The molecule has 0 fully saturated rings. The first-order valence-electron chi connectivity index (χ1n) is 6.20. The molecule has 0 aliphatic carbocycles. The Balaban J connectivity index is 2.09. The molecule has 0 amide bonds. The highest BCUT2D eigenvalue weighted by Crippen LogP contribution is 2.28. The minimum Gasteiger partial charge on any atom is -0.497 e. The number of aryl methyl sites for hydroxylation is 1. The summed E-state index contributed by atoms with van der Waals surface area (Å²) in [5.41, 5.74) is 0.981. The van der Waals surface area contributed by atoms with Gasteiger partial charge in [-0.3, -0.25) is 0 Å². The van der Waals surface area contributed by atoms with Crippen molar-refractivity contribution in [3.8, 4) is 11.5 Å². The Morgan fingerprint density at radius 3 is 2.58 bits per heavy atom. The molecule has 0 unspecified atom stereocenters. The normalized spacial score (nSPS) is 10.5. The second-order valence-electron chi connectivity index (χ2n) is 4.12. The third-order valence-corrected chi connectivity index (χ3v) is 4.34. The number of methoxy groups -OCH3 is 1. The summed E-state index contributed by atoms with van der Waals surface area (Å²) < 4.78 is 11.1. The zero-order valence-electron chi connectivity index (χ0n) is 11.1. The van der Waals surface area contributed by atoms with Crippen molar-refractivity contribution in [3.05, 3.63) is 45.6 Å². The van der Waals surface area contributed by atoms with E-state index >= 15 is 0 Å². The Labute approximate surface area is 122 Å². The lowest BCUT2D eigenvalue weighted by Crippen LogP contribution is -1.97. The third kappa shape index (κ3) is 3.64. The molecule has 0 aliphatic heterocycles. The van der Waals surface area contributed by atoms with Crippen LogP contribution < -0.4 is 9.47 Å². The van der Waals surface area contributed by atoms with E-state index in [4.69, 9.17) is 21.1 Å². The van der Waals surface area contributed by atoms with Gasteiger partial charge in [-0.15, -0.1) is 22.9 Å². The van der Waals surface area contributed by atoms with Crippen molar-refractivity contribution in [3.63, 3.8) is 0 Å². The molecule has 0 saturated carbocycles. The number of halogens is 1. The Morgan fingerprint density at radius 1 is 1.16 bits per heavy atom. The summed E-state index contributed by atoms with van der Waals surface area (Å²) >= 11 is 7.70. The van der Waals surface area contributed by atoms with Crippen molar-refractivity contribution >= 4 is 22.9 Å². The first kappa shape index (κ1) is 14.2. The van der Waals surface area contributed by atoms with E-state index in [9.17, 15) is 0 Å². The van der Waals surface area contributed by atoms with E-state index in [0.717, 1.165) is 23.5 Å². The van der Waals surface area contributed by atoms with Crippen LogP contribution in [0.2, 0.25) is 0 Å². The summed E-state index contributed by atoms with van der Waals surface area (Å²) in [6.45, 7) is 2.73. The van der Waals surface area contributed by atoms with Crippen LogP contribution in [0.15, 0.2) is 30.3 Å². The molecule has 0 bridgehead atoms. The van der Waals surface area contributed by atoms with Gasteiger partial charge in [-0.25, -0.2) is 0 Å². The molecule has 2 aromatic rings. The molecule has 102 valence electrons. The van der Waals surface area contributed by atoms with Gasteiger partial charge in [0.15, 0.2) is 0 Å². The maximum absolute atomic E-state index is 5.92. The number of hydrogen-bond acceptors (Lipinski definition) is 3. The lowest BCUT2D eigenvalue weighted by atomic mass is 10.2. The molecule has 0 spiro atoms. The van der Waals surface area contributed by atoms with Crippen molar-refractivity contribution < 1.29 is 9.47 Å². The van der Waals surface area contributed by atoms with Gasteiger partial charge in [0, 0.05) is 21.4 Å². The maximum atomic E-state index is 5.92. The molecule has 0 aliphatic rings. The summed E-state index contributed by atoms with van der Waals surface area (Å²) in [4.78, 5) is 2.60. The number of ether oxygens (including phenoxy) is 2. The lowest BCUT2D eigenvalue weighted by Gasteiger charge is -2.10. The third-order valence-electron chi connectivity index (χ3n) is 2.85. The van der Waals surface area contributed by atoms with E-state index in [0.29, 0.717) is 12.5 Å². The van der Waals surface area contributed by atoms with Crippen LogP contribution in [0, 0.1) is 0 Å². The highest BCUT2D eigenvalue weighted by Gasteiger charge is 2.06. The largest absolute Gasteiger partial charge is 0.497 e. The molecular formula is C15H17ClO2S. The quantitative estimate of drug-likeness (QED) is 0.723. The van der Waals surface area contributed by atoms with E-state index in [1.165, 1.54) is 9.75 Å². The summed E-state index contributed by atoms with van der Waals surface area (Å²) in [6.07, 6.45) is 1.07. The lowest BCUT2D eigenvalue weighted by molar-refractivity contribution is 0.304. The summed E-state index contributed by atoms with van der Waals surface area (Å²) in [5, 5.41) is 0. The molecule has 0 atom stereocenters. The van der Waals surface area contributed by atoms with Crippen molar-refractivity contribution in [1.82, 2.24) is 0 Å². The number of alkyl halides is 1. The number of thiophene rings is 1. The van der Waals surface area contributed by atoms with Gasteiger partial charge in [0.05, 0.1) is 13.0 Å². The second-order valence-corrected chi connectivity index (χ2v) is 5.64. The summed E-state index contributed by atoms with van der Waals surface area (Å²) in [6, 6.07) is 9.98. The van der Waals surface area contributed by atoms with Gasteiger partial charge in [-0.1, -0.05) is 13.0 Å². The fourth-order valence-corrected chi connectivity index (χ4v) is 2.84. The van der Waals surface area contributed by atoms with Crippen LogP contribution in [0.25, 0.3) is 0 Å². The Morgan fingerprint density at radius 2 is 1.95 bits per heavy atom. The monoisotopic (exact) mass is 296 g/mol. The van der Waals surface area contributed by atoms with Crippen LogP contribution in [0.3, 0.4) is 0 Å². The van der Waals surface area contributed by atoms with Crippen molar-refractivity contribution in [1.29, 1.82) is 0 Å². The molecule has 2 nitrogen and oxygen atoms in total. The van der Waals surface area contributed by atoms with E-state index in [1.807, 2.05) is 18.2 Å². The Kier molecular flexibility index (Phi) is 5.11. The van der Waals surface area contributed by atoms with Crippen molar-refractivity contribution in [2.24, 2.45) is 0 Å². The van der Waals surface area contributed by atoms with Gasteiger partial charge in [0.2, 0.25) is 0 Å². The summed E-state index contributed by atoms with van der Waals surface area (Å²) in [7, 11) is 1.65. The van der Waals surface area contributed by atoms with Crippen molar-refractivity contribution in [2.45, 2.75) is 25.8 Å². The number of benzene rings is 1. The smallest absolute Gasteiger partial charge is 0.127 e. The average molecular weight is 297 g/mol. The number of rotatable bonds is 6. The van der Waals surface area contributed by atoms with Crippen LogP contribution in [-0.4, -0.2) is 7.11 Å². The molecule has 0 N–H and O–H groups in total. The molecule has 2 rings (SSSR count). The first-order chi connectivity index (χ1) is 9.26. The van der Waals surface area contributed by atoms with Crippen LogP contribution in [0.1, 0.15) is 22.2 Å². The highest BCUT2D eigenvalue weighted by molar-refractivity contribution is 7.11. The van der Waals surface area contributed by atoms with Crippen LogP contribution in [-0.2, 0) is 18.9 Å². The van der Waals surface area contributed by atoms with Gasteiger partial charge in [0.1, 0.15) is 18.1 Å². The SMILES string of the molecule is CCc1ccc(COc2cc(OC)ccc2CCl)s1. The van der Waals surface area contributed by atoms with Gasteiger partial charge >= 0.3 is 0 Å². The number of hydrogen-bond donors (Lipinski definition) is 0. The highest BCUT2D eigenvalue weighted by atomic mass is 35.5. The average Bonchev–Trinajstić information content (AvgIpc) is 2.92. The van der Waals surface area contributed by atoms with Crippen LogP contribution in [0.4, 0.5) is 0 Å². The van der Waals surface area contributed by atoms with Crippen molar-refractivity contribution in [2.75, 3.05) is 7.11 Å². The predicted molar refractivity (Wildman–Crippen MR) is 80.6 cm³/mol. The zero-order valence-corrected chi connectivity index (χ0v) is 12.7. The minimum atomic E-state index is 0.435. The van der Waals surface area contributed by atoms with E-state index in [-0.39, 0.29) is 0 Å². The molecule has 19 heavy (non-hydrogen) atoms. The van der Waals surface area contributed by atoms with E-state index in [2.05, 4.69) is 19.1 Å². The molecule has 4 heteroatoms. The molecular weight excluding hydrogens is 280 g/mol. The van der Waals surface area contributed by atoms with Gasteiger partial charge in [-0.2, -0.15) is 0 Å². The second kappa shape index (κ2) is 6.83. The maximum Gasteiger partial charge on any atom is 0.127 e. The Bertz CT molecular complexity index is 537. The first-order valence-corrected chi connectivity index (χ1v) is 7.55. The molecule has 1 heterocycles. The van der Waals surface area contributed by atoms with Crippen LogP contribution in [0.5, 0.6) is 11.5 Å². The predicted octanol–water partition coefficient (Wildman–Crippen LogP) is 4.64. The zero-order chi connectivity index (χ0) is 13.7. The Hall–Kier alpha value is -1.19. The van der Waals surface area contributed by atoms with E-state index < -0.39 is 0 Å². The molecule has 1 aromatic carbocycles. The van der Waals surface area contributed by atoms with Gasteiger partial charge < -0.3 is 9.47 Å². The fourth-order valence-electron chi connectivity index (χ4n) is 1.75. The van der Waals surface area contributed by atoms with Gasteiger partial charge in [-0.05, 0) is 24.6 Å². The molecule has 0 radical (unpaired) electrons. The topological polar surface area (TPSA) is 18.5 Å². The van der Waals surface area contributed by atoms with Crippen LogP contribution >= 0.6 is 22.9 Å². The summed E-state index contributed by atoms with van der Waals surface area (Å²) in [5.74, 6) is 2.01. The molecule has 0 saturated heterocycles. The van der Waals surface area contributed by atoms with E-state index in [1.54, 1.807) is 18.4 Å².